The van der Waals surface area contributed by atoms with E-state index in [-0.39, 0.29) is 12.4 Å². The fourth-order valence-electron chi connectivity index (χ4n) is 1.83. The number of aromatic nitrogens is 1. The molecule has 0 atom stereocenters. The van der Waals surface area contributed by atoms with E-state index in [0.717, 1.165) is 11.8 Å². The monoisotopic (exact) mass is 358 g/mol. The standard InChI is InChI=1S/C14H13BrF2N2O2/c15-8-3-12(16)14(17)13(4-8)20-7-11-5-10(19-21-11)6-18-9-1-2-9/h3-5,9,18H,1-2,6-7H2. The number of halogens is 3. The summed E-state index contributed by atoms with van der Waals surface area (Å²) >= 11 is 3.09. The number of benzene rings is 1. The van der Waals surface area contributed by atoms with E-state index in [1.165, 1.54) is 18.9 Å². The van der Waals surface area contributed by atoms with Gasteiger partial charge in [-0.2, -0.15) is 4.39 Å². The van der Waals surface area contributed by atoms with Gasteiger partial charge >= 0.3 is 0 Å². The molecule has 7 heteroatoms. The molecule has 1 aliphatic carbocycles. The second-order valence-corrected chi connectivity index (χ2v) is 5.84. The summed E-state index contributed by atoms with van der Waals surface area (Å²) in [6, 6.07) is 4.73. The van der Waals surface area contributed by atoms with Crippen LogP contribution in [0.4, 0.5) is 8.78 Å². The normalized spacial score (nSPS) is 14.4. The molecule has 0 unspecified atom stereocenters. The number of hydrogen-bond donors (Lipinski definition) is 1. The van der Waals surface area contributed by atoms with Crippen LogP contribution < -0.4 is 10.1 Å². The van der Waals surface area contributed by atoms with Gasteiger partial charge in [0.05, 0.1) is 5.69 Å². The number of nitrogens with zero attached hydrogens (tertiary/aromatic N) is 1. The van der Waals surface area contributed by atoms with E-state index in [2.05, 4.69) is 26.4 Å². The molecular formula is C14H13BrF2N2O2. The first kappa shape index (κ1) is 14.5. The summed E-state index contributed by atoms with van der Waals surface area (Å²) in [5.41, 5.74) is 0.765. The SMILES string of the molecule is Fc1cc(Br)cc(OCc2cc(CNC3CC3)no2)c1F. The lowest BCUT2D eigenvalue weighted by molar-refractivity contribution is 0.236. The number of nitrogens with one attached hydrogen (secondary N) is 1. The van der Waals surface area contributed by atoms with Crippen LogP contribution in [0.25, 0.3) is 0 Å². The molecule has 1 aliphatic rings. The summed E-state index contributed by atoms with van der Waals surface area (Å²) in [6.45, 7) is 0.622. The Labute approximate surface area is 128 Å². The van der Waals surface area contributed by atoms with Gasteiger partial charge in [-0.05, 0) is 25.0 Å². The van der Waals surface area contributed by atoms with Crippen LogP contribution >= 0.6 is 15.9 Å². The van der Waals surface area contributed by atoms with Crippen LogP contribution in [0.1, 0.15) is 24.3 Å². The lowest BCUT2D eigenvalue weighted by atomic mass is 10.3. The highest BCUT2D eigenvalue weighted by molar-refractivity contribution is 9.10. The van der Waals surface area contributed by atoms with Crippen molar-refractivity contribution >= 4 is 15.9 Å². The Hall–Kier alpha value is -1.47. The smallest absolute Gasteiger partial charge is 0.200 e. The summed E-state index contributed by atoms with van der Waals surface area (Å²) < 4.78 is 37.5. The van der Waals surface area contributed by atoms with E-state index in [4.69, 9.17) is 9.26 Å². The highest BCUT2D eigenvalue weighted by Gasteiger charge is 2.20. The second-order valence-electron chi connectivity index (χ2n) is 4.93. The largest absolute Gasteiger partial charge is 0.482 e. The van der Waals surface area contributed by atoms with Gasteiger partial charge in [-0.1, -0.05) is 21.1 Å². The minimum atomic E-state index is -1.02. The van der Waals surface area contributed by atoms with Crippen molar-refractivity contribution in [1.29, 1.82) is 0 Å². The van der Waals surface area contributed by atoms with Crippen LogP contribution in [0.15, 0.2) is 27.2 Å². The molecule has 1 heterocycles. The fourth-order valence-corrected chi connectivity index (χ4v) is 2.24. The van der Waals surface area contributed by atoms with Crippen molar-refractivity contribution in [2.45, 2.75) is 32.0 Å². The Bertz CT molecular complexity index is 644. The van der Waals surface area contributed by atoms with Crippen molar-refractivity contribution in [2.75, 3.05) is 0 Å². The van der Waals surface area contributed by atoms with E-state index in [0.29, 0.717) is 22.8 Å². The lowest BCUT2D eigenvalue weighted by Crippen LogP contribution is -2.15. The van der Waals surface area contributed by atoms with Crippen LogP contribution in [-0.4, -0.2) is 11.2 Å². The van der Waals surface area contributed by atoms with Gasteiger partial charge < -0.3 is 14.6 Å². The van der Waals surface area contributed by atoms with Crippen molar-refractivity contribution in [3.63, 3.8) is 0 Å². The highest BCUT2D eigenvalue weighted by atomic mass is 79.9. The Kier molecular flexibility index (Phi) is 4.21. The maximum Gasteiger partial charge on any atom is 0.200 e. The molecule has 0 bridgehead atoms. The van der Waals surface area contributed by atoms with Gasteiger partial charge in [-0.3, -0.25) is 0 Å². The molecule has 4 nitrogen and oxygen atoms in total. The van der Waals surface area contributed by atoms with Crippen molar-refractivity contribution in [3.8, 4) is 5.75 Å². The number of rotatable bonds is 6. The Balaban J connectivity index is 1.59. The minimum Gasteiger partial charge on any atom is -0.482 e. The average molecular weight is 359 g/mol. The molecule has 0 spiro atoms. The predicted molar refractivity (Wildman–Crippen MR) is 74.8 cm³/mol. The van der Waals surface area contributed by atoms with Gasteiger partial charge in [-0.15, -0.1) is 0 Å². The summed E-state index contributed by atoms with van der Waals surface area (Å²) in [4.78, 5) is 0. The van der Waals surface area contributed by atoms with E-state index in [1.807, 2.05) is 0 Å². The average Bonchev–Trinajstić information content (AvgIpc) is 3.17. The molecule has 1 aromatic carbocycles. The molecule has 112 valence electrons. The second kappa shape index (κ2) is 6.11. The fraction of sp³-hybridized carbons (Fsp3) is 0.357. The van der Waals surface area contributed by atoms with Crippen molar-refractivity contribution in [3.05, 3.63) is 45.8 Å². The third kappa shape index (κ3) is 3.79. The quantitative estimate of drug-likeness (QED) is 0.802. The molecule has 1 N–H and O–H groups in total. The Morgan fingerprint density at radius 2 is 2.14 bits per heavy atom. The Morgan fingerprint density at radius 1 is 1.33 bits per heavy atom. The van der Waals surface area contributed by atoms with E-state index < -0.39 is 11.6 Å². The van der Waals surface area contributed by atoms with Gasteiger partial charge in [0.2, 0.25) is 5.82 Å². The summed E-state index contributed by atoms with van der Waals surface area (Å²) in [5.74, 6) is -1.70. The minimum absolute atomic E-state index is 0.0107. The first-order valence-corrected chi connectivity index (χ1v) is 7.36. The van der Waals surface area contributed by atoms with E-state index in [9.17, 15) is 8.78 Å². The van der Waals surface area contributed by atoms with Crippen LogP contribution in [0.2, 0.25) is 0 Å². The van der Waals surface area contributed by atoms with Crippen LogP contribution in [0, 0.1) is 11.6 Å². The van der Waals surface area contributed by atoms with Gasteiger partial charge in [0.25, 0.3) is 0 Å². The topological polar surface area (TPSA) is 47.3 Å². The van der Waals surface area contributed by atoms with Gasteiger partial charge in [-0.25, -0.2) is 4.39 Å². The maximum absolute atomic E-state index is 13.5. The molecule has 1 fully saturated rings. The first-order valence-electron chi connectivity index (χ1n) is 6.57. The molecule has 0 saturated heterocycles. The zero-order chi connectivity index (χ0) is 14.8. The molecule has 0 radical (unpaired) electrons. The molecule has 1 aromatic heterocycles. The zero-order valence-corrected chi connectivity index (χ0v) is 12.6. The third-order valence-electron chi connectivity index (χ3n) is 3.09. The molecule has 2 aromatic rings. The van der Waals surface area contributed by atoms with E-state index in [1.54, 1.807) is 6.07 Å². The molecule has 0 aliphatic heterocycles. The predicted octanol–water partition coefficient (Wildman–Crippen LogP) is 3.55. The van der Waals surface area contributed by atoms with Crippen molar-refractivity contribution < 1.29 is 18.0 Å². The molecule has 3 rings (SSSR count). The summed E-state index contributed by atoms with van der Waals surface area (Å²) in [7, 11) is 0. The van der Waals surface area contributed by atoms with Gasteiger partial charge in [0.1, 0.15) is 6.61 Å². The van der Waals surface area contributed by atoms with Gasteiger partial charge in [0, 0.05) is 23.1 Å². The maximum atomic E-state index is 13.5. The van der Waals surface area contributed by atoms with Crippen LogP contribution in [0.5, 0.6) is 5.75 Å². The molecule has 21 heavy (non-hydrogen) atoms. The summed E-state index contributed by atoms with van der Waals surface area (Å²) in [5, 5.41) is 7.20. The van der Waals surface area contributed by atoms with Crippen LogP contribution in [-0.2, 0) is 13.2 Å². The van der Waals surface area contributed by atoms with E-state index >= 15 is 0 Å². The summed E-state index contributed by atoms with van der Waals surface area (Å²) in [6.07, 6.45) is 2.39. The van der Waals surface area contributed by atoms with Gasteiger partial charge in [0.15, 0.2) is 17.3 Å². The highest BCUT2D eigenvalue weighted by Crippen LogP contribution is 2.26. The van der Waals surface area contributed by atoms with Crippen molar-refractivity contribution in [1.82, 2.24) is 10.5 Å². The van der Waals surface area contributed by atoms with Crippen molar-refractivity contribution in [2.24, 2.45) is 0 Å². The molecule has 0 amide bonds. The molecular weight excluding hydrogens is 346 g/mol. The Morgan fingerprint density at radius 3 is 2.90 bits per heavy atom. The number of hydrogen-bond acceptors (Lipinski definition) is 4. The zero-order valence-electron chi connectivity index (χ0n) is 11.0. The first-order chi connectivity index (χ1) is 10.1. The number of ether oxygens (including phenoxy) is 1. The third-order valence-corrected chi connectivity index (χ3v) is 3.54. The van der Waals surface area contributed by atoms with Crippen LogP contribution in [0.3, 0.4) is 0 Å². The lowest BCUT2D eigenvalue weighted by Gasteiger charge is -2.06. The molecule has 1 saturated carbocycles.